The van der Waals surface area contributed by atoms with Crippen LogP contribution in [0.25, 0.3) is 0 Å². The van der Waals surface area contributed by atoms with E-state index in [9.17, 15) is 0 Å². The highest BCUT2D eigenvalue weighted by Gasteiger charge is 1.97. The monoisotopic (exact) mass is 221 g/mol. The number of aliphatic imine (C=N–C) groups is 1. The van der Waals surface area contributed by atoms with Gasteiger partial charge in [-0.2, -0.15) is 0 Å². The Bertz CT molecular complexity index is 331. The average Bonchev–Trinajstić information content (AvgIpc) is 2.31. The third kappa shape index (κ3) is 4.27. The number of pyridine rings is 1. The van der Waals surface area contributed by atoms with Crippen LogP contribution in [0.4, 0.5) is 5.69 Å². The first-order valence-electron chi connectivity index (χ1n) is 5.47. The first kappa shape index (κ1) is 12.4. The van der Waals surface area contributed by atoms with Gasteiger partial charge in [-0.25, -0.2) is 5.84 Å². The molecule has 0 aliphatic heterocycles. The highest BCUT2D eigenvalue weighted by Crippen LogP contribution is 2.04. The van der Waals surface area contributed by atoms with Crippen LogP contribution in [0.5, 0.6) is 0 Å². The molecule has 0 aromatic carbocycles. The number of aryl methyl sites for hydroxylation is 1. The van der Waals surface area contributed by atoms with Gasteiger partial charge in [-0.15, -0.1) is 0 Å². The minimum absolute atomic E-state index is 0.569. The van der Waals surface area contributed by atoms with Crippen molar-refractivity contribution in [2.24, 2.45) is 10.8 Å². The Labute approximate surface area is 96.1 Å². The fraction of sp³-hybridized carbons (Fsp3) is 0.455. The Kier molecular flexibility index (Phi) is 5.28. The van der Waals surface area contributed by atoms with Gasteiger partial charge in [0.15, 0.2) is 0 Å². The quantitative estimate of drug-likeness (QED) is 0.236. The summed E-state index contributed by atoms with van der Waals surface area (Å²) >= 11 is 0. The highest BCUT2D eigenvalue weighted by molar-refractivity contribution is 5.92. The van der Waals surface area contributed by atoms with Crippen molar-refractivity contribution in [1.29, 1.82) is 0 Å². The summed E-state index contributed by atoms with van der Waals surface area (Å²) in [6.07, 6.45) is 3.93. The molecule has 0 radical (unpaired) electrons. The SMILES string of the molecule is CCCCN=C(NN)Nc1ccc(C)nc1. The predicted octanol–water partition coefficient (Wildman–Crippen LogP) is 1.42. The van der Waals surface area contributed by atoms with Gasteiger partial charge in [0.2, 0.25) is 5.96 Å². The Morgan fingerprint density at radius 1 is 1.50 bits per heavy atom. The molecule has 0 amide bonds. The summed E-state index contributed by atoms with van der Waals surface area (Å²) in [5, 5.41) is 3.07. The lowest BCUT2D eigenvalue weighted by Gasteiger charge is -2.08. The molecule has 0 saturated carbocycles. The summed E-state index contributed by atoms with van der Waals surface area (Å²) in [6.45, 7) is 4.84. The van der Waals surface area contributed by atoms with Crippen LogP contribution in [-0.4, -0.2) is 17.5 Å². The van der Waals surface area contributed by atoms with Crippen molar-refractivity contribution in [2.45, 2.75) is 26.7 Å². The molecule has 0 aliphatic rings. The van der Waals surface area contributed by atoms with Crippen molar-refractivity contribution in [3.63, 3.8) is 0 Å². The second-order valence-electron chi connectivity index (χ2n) is 3.54. The second kappa shape index (κ2) is 6.79. The molecule has 0 saturated heterocycles. The summed E-state index contributed by atoms with van der Waals surface area (Å²) in [4.78, 5) is 8.47. The minimum Gasteiger partial charge on any atom is -0.324 e. The first-order valence-corrected chi connectivity index (χ1v) is 5.47. The largest absolute Gasteiger partial charge is 0.324 e. The maximum atomic E-state index is 5.37. The maximum Gasteiger partial charge on any atom is 0.210 e. The van der Waals surface area contributed by atoms with Crippen LogP contribution < -0.4 is 16.6 Å². The average molecular weight is 221 g/mol. The van der Waals surface area contributed by atoms with Gasteiger partial charge in [0.1, 0.15) is 0 Å². The lowest BCUT2D eigenvalue weighted by molar-refractivity contribution is 0.801. The molecule has 1 aromatic rings. The number of rotatable bonds is 4. The summed E-state index contributed by atoms with van der Waals surface area (Å²) < 4.78 is 0. The van der Waals surface area contributed by atoms with Crippen LogP contribution in [0.2, 0.25) is 0 Å². The van der Waals surface area contributed by atoms with E-state index in [1.165, 1.54) is 0 Å². The third-order valence-electron chi connectivity index (χ3n) is 2.09. The molecular weight excluding hydrogens is 202 g/mol. The van der Waals surface area contributed by atoms with E-state index in [1.54, 1.807) is 6.20 Å². The molecule has 0 spiro atoms. The number of nitrogens with one attached hydrogen (secondary N) is 2. The number of hydrogen-bond acceptors (Lipinski definition) is 3. The topological polar surface area (TPSA) is 75.3 Å². The number of nitrogens with two attached hydrogens (primary N) is 1. The molecule has 0 aliphatic carbocycles. The maximum absolute atomic E-state index is 5.37. The number of unbranched alkanes of at least 4 members (excludes halogenated alkanes) is 1. The molecular formula is C11H19N5. The number of hydrogen-bond donors (Lipinski definition) is 3. The zero-order chi connectivity index (χ0) is 11.8. The summed E-state index contributed by atoms with van der Waals surface area (Å²) in [5.41, 5.74) is 4.39. The van der Waals surface area contributed by atoms with Crippen molar-refractivity contribution in [2.75, 3.05) is 11.9 Å². The van der Waals surface area contributed by atoms with E-state index in [2.05, 4.69) is 27.6 Å². The molecule has 5 heteroatoms. The van der Waals surface area contributed by atoms with Crippen molar-refractivity contribution in [1.82, 2.24) is 10.4 Å². The van der Waals surface area contributed by atoms with E-state index in [0.717, 1.165) is 30.8 Å². The van der Waals surface area contributed by atoms with Gasteiger partial charge in [0, 0.05) is 12.2 Å². The fourth-order valence-electron chi connectivity index (χ4n) is 1.15. The molecule has 1 aromatic heterocycles. The van der Waals surface area contributed by atoms with Crippen LogP contribution in [0.1, 0.15) is 25.5 Å². The summed E-state index contributed by atoms with van der Waals surface area (Å²) in [7, 11) is 0. The molecule has 4 N–H and O–H groups in total. The Morgan fingerprint density at radius 2 is 2.31 bits per heavy atom. The molecule has 0 unspecified atom stereocenters. The number of hydrazine groups is 1. The second-order valence-corrected chi connectivity index (χ2v) is 3.54. The van der Waals surface area contributed by atoms with Gasteiger partial charge in [-0.1, -0.05) is 13.3 Å². The van der Waals surface area contributed by atoms with Crippen molar-refractivity contribution in [3.8, 4) is 0 Å². The molecule has 0 atom stereocenters. The van der Waals surface area contributed by atoms with Crippen molar-refractivity contribution >= 4 is 11.6 Å². The molecule has 0 fully saturated rings. The molecule has 88 valence electrons. The van der Waals surface area contributed by atoms with E-state index >= 15 is 0 Å². The zero-order valence-electron chi connectivity index (χ0n) is 9.83. The van der Waals surface area contributed by atoms with E-state index in [1.807, 2.05) is 19.1 Å². The van der Waals surface area contributed by atoms with Crippen molar-refractivity contribution < 1.29 is 0 Å². The van der Waals surface area contributed by atoms with Crippen LogP contribution in [-0.2, 0) is 0 Å². The molecule has 5 nitrogen and oxygen atoms in total. The van der Waals surface area contributed by atoms with Gasteiger partial charge < -0.3 is 5.32 Å². The zero-order valence-corrected chi connectivity index (χ0v) is 9.83. The lowest BCUT2D eigenvalue weighted by Crippen LogP contribution is -2.36. The highest BCUT2D eigenvalue weighted by atomic mass is 15.3. The number of nitrogens with zero attached hydrogens (tertiary/aromatic N) is 2. The first-order chi connectivity index (χ1) is 7.76. The fourth-order valence-corrected chi connectivity index (χ4v) is 1.15. The van der Waals surface area contributed by atoms with Crippen molar-refractivity contribution in [3.05, 3.63) is 24.0 Å². The smallest absolute Gasteiger partial charge is 0.210 e. The molecule has 1 rings (SSSR count). The normalized spacial score (nSPS) is 11.3. The Balaban J connectivity index is 2.55. The number of anilines is 1. The molecule has 1 heterocycles. The van der Waals surface area contributed by atoms with Crippen LogP contribution in [0.15, 0.2) is 23.3 Å². The van der Waals surface area contributed by atoms with Crippen LogP contribution in [0.3, 0.4) is 0 Å². The number of aromatic nitrogens is 1. The van der Waals surface area contributed by atoms with E-state index in [0.29, 0.717) is 5.96 Å². The van der Waals surface area contributed by atoms with Crippen LogP contribution >= 0.6 is 0 Å². The standard InChI is InChI=1S/C11H19N5/c1-3-4-7-13-11(16-12)15-10-6-5-9(2)14-8-10/h5-6,8H,3-4,7,12H2,1-2H3,(H2,13,15,16). The summed E-state index contributed by atoms with van der Waals surface area (Å²) in [6, 6.07) is 3.87. The van der Waals surface area contributed by atoms with E-state index in [4.69, 9.17) is 5.84 Å². The van der Waals surface area contributed by atoms with Gasteiger partial charge in [-0.05, 0) is 25.5 Å². The van der Waals surface area contributed by atoms with Gasteiger partial charge in [-0.3, -0.25) is 15.4 Å². The van der Waals surface area contributed by atoms with E-state index < -0.39 is 0 Å². The number of guanidine groups is 1. The molecule has 0 bridgehead atoms. The van der Waals surface area contributed by atoms with Gasteiger partial charge in [0.05, 0.1) is 11.9 Å². The lowest BCUT2D eigenvalue weighted by atomic mass is 10.3. The Hall–Kier alpha value is -1.62. The third-order valence-corrected chi connectivity index (χ3v) is 2.09. The van der Waals surface area contributed by atoms with Gasteiger partial charge >= 0.3 is 0 Å². The summed E-state index contributed by atoms with van der Waals surface area (Å²) in [5.74, 6) is 5.94. The predicted molar refractivity (Wildman–Crippen MR) is 67.1 cm³/mol. The molecule has 16 heavy (non-hydrogen) atoms. The van der Waals surface area contributed by atoms with E-state index in [-0.39, 0.29) is 0 Å². The van der Waals surface area contributed by atoms with Gasteiger partial charge in [0.25, 0.3) is 0 Å². The minimum atomic E-state index is 0.569. The Morgan fingerprint density at radius 3 is 2.88 bits per heavy atom. The van der Waals surface area contributed by atoms with Crippen LogP contribution in [0, 0.1) is 6.92 Å².